The zero-order valence-electron chi connectivity index (χ0n) is 13.5. The van der Waals surface area contributed by atoms with E-state index >= 15 is 0 Å². The van der Waals surface area contributed by atoms with Gasteiger partial charge in [0, 0.05) is 0 Å². The van der Waals surface area contributed by atoms with Crippen LogP contribution in [0, 0.1) is 11.8 Å². The normalized spacial score (nSPS) is 13.1. The highest BCUT2D eigenvalue weighted by Gasteiger charge is 2.34. The minimum atomic E-state index is -1.33. The maximum Gasteiger partial charge on any atom is 0.307 e. The standard InChI is InChI=1S/C18H18O8/c19-13-3-1-9(7-15(13)21)5-11(17(23)24)12(18(25)26)6-10-2-4-14(20)16(22)8-10/h1-4,7-8,11-12,19-22H,5-6H2,(H,23,24)(H,25,26)/t11-,12-/m1/s1. The Morgan fingerprint density at radius 1 is 0.654 bits per heavy atom. The summed E-state index contributed by atoms with van der Waals surface area (Å²) < 4.78 is 0. The Balaban J connectivity index is 2.30. The van der Waals surface area contributed by atoms with Crippen molar-refractivity contribution in [2.45, 2.75) is 12.8 Å². The minimum absolute atomic E-state index is 0.176. The van der Waals surface area contributed by atoms with Crippen molar-refractivity contribution in [1.29, 1.82) is 0 Å². The summed E-state index contributed by atoms with van der Waals surface area (Å²) in [5.41, 5.74) is 0.708. The molecule has 6 N–H and O–H groups in total. The number of aliphatic carboxylic acids is 2. The van der Waals surface area contributed by atoms with Crippen molar-refractivity contribution in [1.82, 2.24) is 0 Å². The van der Waals surface area contributed by atoms with Crippen LogP contribution in [0.25, 0.3) is 0 Å². The zero-order chi connectivity index (χ0) is 19.4. The number of phenols is 4. The molecule has 2 rings (SSSR count). The highest BCUT2D eigenvalue weighted by atomic mass is 16.4. The predicted octanol–water partition coefficient (Wildman–Crippen LogP) is 1.70. The SMILES string of the molecule is O=C(O)[C@H](Cc1ccc(O)c(O)c1)[C@@H](Cc1ccc(O)c(O)c1)C(=O)O. The van der Waals surface area contributed by atoms with Crippen LogP contribution in [0.15, 0.2) is 36.4 Å². The van der Waals surface area contributed by atoms with Crippen molar-refractivity contribution >= 4 is 11.9 Å². The van der Waals surface area contributed by atoms with Crippen LogP contribution in [-0.2, 0) is 22.4 Å². The number of carbonyl (C=O) groups is 2. The molecule has 0 spiro atoms. The Kier molecular flexibility index (Phi) is 5.56. The van der Waals surface area contributed by atoms with Gasteiger partial charge in [-0.2, -0.15) is 0 Å². The molecule has 26 heavy (non-hydrogen) atoms. The molecule has 138 valence electrons. The fourth-order valence-corrected chi connectivity index (χ4v) is 2.70. The van der Waals surface area contributed by atoms with E-state index in [9.17, 15) is 40.2 Å². The molecule has 0 radical (unpaired) electrons. The number of aromatic hydroxyl groups is 4. The highest BCUT2D eigenvalue weighted by Crippen LogP contribution is 2.31. The monoisotopic (exact) mass is 362 g/mol. The fraction of sp³-hybridized carbons (Fsp3) is 0.222. The number of carboxylic acids is 2. The summed E-state index contributed by atoms with van der Waals surface area (Å²) >= 11 is 0. The Labute approximate surface area is 148 Å². The van der Waals surface area contributed by atoms with E-state index < -0.39 is 35.3 Å². The minimum Gasteiger partial charge on any atom is -0.504 e. The van der Waals surface area contributed by atoms with Crippen LogP contribution in [0.4, 0.5) is 0 Å². The van der Waals surface area contributed by atoms with Gasteiger partial charge in [0.2, 0.25) is 0 Å². The van der Waals surface area contributed by atoms with E-state index in [-0.39, 0.29) is 24.3 Å². The Morgan fingerprint density at radius 2 is 1.00 bits per heavy atom. The van der Waals surface area contributed by atoms with Gasteiger partial charge in [0.25, 0.3) is 0 Å². The van der Waals surface area contributed by atoms with E-state index in [0.717, 1.165) is 0 Å². The largest absolute Gasteiger partial charge is 0.504 e. The van der Waals surface area contributed by atoms with Crippen LogP contribution in [0.3, 0.4) is 0 Å². The lowest BCUT2D eigenvalue weighted by atomic mass is 9.82. The van der Waals surface area contributed by atoms with E-state index in [0.29, 0.717) is 11.1 Å². The lowest BCUT2D eigenvalue weighted by Crippen LogP contribution is -2.33. The maximum absolute atomic E-state index is 11.6. The molecule has 0 aromatic heterocycles. The Morgan fingerprint density at radius 3 is 1.27 bits per heavy atom. The molecule has 2 aromatic rings. The summed E-state index contributed by atoms with van der Waals surface area (Å²) in [6.45, 7) is 0. The van der Waals surface area contributed by atoms with Crippen LogP contribution >= 0.6 is 0 Å². The molecule has 2 aromatic carbocycles. The van der Waals surface area contributed by atoms with E-state index in [1.54, 1.807) is 0 Å². The Bertz CT molecular complexity index is 760. The van der Waals surface area contributed by atoms with Gasteiger partial charge in [0.05, 0.1) is 11.8 Å². The fourth-order valence-electron chi connectivity index (χ4n) is 2.70. The third-order valence-corrected chi connectivity index (χ3v) is 4.11. The number of phenolic OH excluding ortho intramolecular Hbond substituents is 4. The third kappa shape index (κ3) is 4.35. The Hall–Kier alpha value is -3.42. The highest BCUT2D eigenvalue weighted by molar-refractivity contribution is 5.80. The number of hydrogen-bond acceptors (Lipinski definition) is 6. The zero-order valence-corrected chi connectivity index (χ0v) is 13.5. The van der Waals surface area contributed by atoms with Crippen molar-refractivity contribution in [2.24, 2.45) is 11.8 Å². The van der Waals surface area contributed by atoms with E-state index in [1.807, 2.05) is 0 Å². The third-order valence-electron chi connectivity index (χ3n) is 4.11. The van der Waals surface area contributed by atoms with Crippen LogP contribution in [0.1, 0.15) is 11.1 Å². The lowest BCUT2D eigenvalue weighted by Gasteiger charge is -2.21. The second-order valence-corrected chi connectivity index (χ2v) is 5.94. The summed E-state index contributed by atoms with van der Waals surface area (Å²) in [5.74, 6) is -6.87. The van der Waals surface area contributed by atoms with Gasteiger partial charge in [0.1, 0.15) is 0 Å². The van der Waals surface area contributed by atoms with Crippen LogP contribution in [-0.4, -0.2) is 42.6 Å². The van der Waals surface area contributed by atoms with Crippen molar-refractivity contribution in [3.8, 4) is 23.0 Å². The van der Waals surface area contributed by atoms with Gasteiger partial charge in [-0.25, -0.2) is 0 Å². The van der Waals surface area contributed by atoms with Gasteiger partial charge in [-0.1, -0.05) is 12.1 Å². The predicted molar refractivity (Wildman–Crippen MR) is 89.2 cm³/mol. The molecule has 2 atom stereocenters. The summed E-state index contributed by atoms with van der Waals surface area (Å²) in [7, 11) is 0. The van der Waals surface area contributed by atoms with Gasteiger partial charge >= 0.3 is 11.9 Å². The van der Waals surface area contributed by atoms with Gasteiger partial charge in [-0.05, 0) is 48.2 Å². The molecule has 0 unspecified atom stereocenters. The summed E-state index contributed by atoms with van der Waals surface area (Å²) in [6, 6.07) is 7.54. The molecule has 0 aliphatic rings. The molecular formula is C18H18O8. The van der Waals surface area contributed by atoms with Crippen LogP contribution in [0.5, 0.6) is 23.0 Å². The number of benzene rings is 2. The topological polar surface area (TPSA) is 156 Å². The van der Waals surface area contributed by atoms with Crippen molar-refractivity contribution < 1.29 is 40.2 Å². The molecule has 0 saturated heterocycles. The van der Waals surface area contributed by atoms with Crippen LogP contribution < -0.4 is 0 Å². The van der Waals surface area contributed by atoms with Crippen molar-refractivity contribution in [2.75, 3.05) is 0 Å². The second-order valence-electron chi connectivity index (χ2n) is 5.94. The molecule has 8 heteroatoms. The van der Waals surface area contributed by atoms with Gasteiger partial charge in [-0.15, -0.1) is 0 Å². The first-order chi connectivity index (χ1) is 12.2. The first kappa shape index (κ1) is 18.9. The first-order valence-corrected chi connectivity index (χ1v) is 7.66. The molecule has 0 bridgehead atoms. The van der Waals surface area contributed by atoms with Gasteiger partial charge in [0.15, 0.2) is 23.0 Å². The summed E-state index contributed by atoms with van der Waals surface area (Å²) in [6.07, 6.45) is -0.353. The first-order valence-electron chi connectivity index (χ1n) is 7.66. The van der Waals surface area contributed by atoms with Crippen LogP contribution in [0.2, 0.25) is 0 Å². The summed E-state index contributed by atoms with van der Waals surface area (Å²) in [5, 5.41) is 56.7. The average Bonchev–Trinajstić information content (AvgIpc) is 2.56. The van der Waals surface area contributed by atoms with E-state index in [1.165, 1.54) is 36.4 Å². The molecular weight excluding hydrogens is 344 g/mol. The van der Waals surface area contributed by atoms with E-state index in [2.05, 4.69) is 0 Å². The smallest absolute Gasteiger partial charge is 0.307 e. The summed E-state index contributed by atoms with van der Waals surface area (Å²) in [4.78, 5) is 23.3. The van der Waals surface area contributed by atoms with Crippen molar-refractivity contribution in [3.63, 3.8) is 0 Å². The quantitative estimate of drug-likeness (QED) is 0.406. The molecule has 0 aliphatic heterocycles. The molecule has 0 amide bonds. The van der Waals surface area contributed by atoms with Gasteiger partial charge in [-0.3, -0.25) is 9.59 Å². The molecule has 0 aliphatic carbocycles. The van der Waals surface area contributed by atoms with E-state index in [4.69, 9.17) is 0 Å². The lowest BCUT2D eigenvalue weighted by molar-refractivity contribution is -0.153. The molecule has 0 saturated carbocycles. The second kappa shape index (κ2) is 7.64. The molecule has 8 nitrogen and oxygen atoms in total. The van der Waals surface area contributed by atoms with Crippen molar-refractivity contribution in [3.05, 3.63) is 47.5 Å². The van der Waals surface area contributed by atoms with Gasteiger partial charge < -0.3 is 30.6 Å². The molecule has 0 heterocycles. The number of rotatable bonds is 7. The average molecular weight is 362 g/mol. The number of carboxylic acid groups (broad SMARTS) is 2. The molecule has 0 fully saturated rings. The number of hydrogen-bond donors (Lipinski definition) is 6. The maximum atomic E-state index is 11.6.